The van der Waals surface area contributed by atoms with Crippen molar-refractivity contribution in [3.8, 4) is 0 Å². The predicted molar refractivity (Wildman–Crippen MR) is 48.1 cm³/mol. The number of oxime groups is 2. The maximum Gasteiger partial charge on any atom is 0.108 e. The first-order chi connectivity index (χ1) is 5.79. The molecule has 0 fully saturated rings. The number of allylic oxidation sites excluding steroid dienone is 2. The molecule has 12 heavy (non-hydrogen) atoms. The number of nitrogens with zero attached hydrogens (tertiary/aromatic N) is 2. The Morgan fingerprint density at radius 1 is 1.00 bits per heavy atom. The molecule has 0 aliphatic rings. The lowest BCUT2D eigenvalue weighted by atomic mass is 10.1. The fraction of sp³-hybridized carbons (Fsp3) is 0.250. The van der Waals surface area contributed by atoms with Gasteiger partial charge in [-0.2, -0.15) is 0 Å². The fourth-order valence-corrected chi connectivity index (χ4v) is 0.706. The Morgan fingerprint density at radius 2 is 1.33 bits per heavy atom. The lowest BCUT2D eigenvalue weighted by Crippen LogP contribution is -2.12. The highest BCUT2D eigenvalue weighted by Crippen LogP contribution is 1.97. The molecular weight excluding hydrogens is 156 g/mol. The molecule has 66 valence electrons. The van der Waals surface area contributed by atoms with Crippen molar-refractivity contribution in [2.45, 2.75) is 12.8 Å². The third-order valence-corrected chi connectivity index (χ3v) is 1.25. The predicted octanol–water partition coefficient (Wildman–Crippen LogP) is 1.80. The third kappa shape index (κ3) is 3.01. The van der Waals surface area contributed by atoms with E-state index in [-0.39, 0.29) is 0 Å². The summed E-state index contributed by atoms with van der Waals surface area (Å²) < 4.78 is 0. The normalized spacial score (nSPS) is 12.7. The molecule has 0 bridgehead atoms. The van der Waals surface area contributed by atoms with Crippen LogP contribution in [0, 0.1) is 0 Å². The van der Waals surface area contributed by atoms with Crippen LogP contribution in [0.2, 0.25) is 0 Å². The van der Waals surface area contributed by atoms with Gasteiger partial charge in [-0.05, 0) is 0 Å². The first-order valence-corrected chi connectivity index (χ1v) is 3.44. The second-order valence-corrected chi connectivity index (χ2v) is 2.08. The van der Waals surface area contributed by atoms with Gasteiger partial charge in [-0.3, -0.25) is 0 Å². The second kappa shape index (κ2) is 6.15. The Morgan fingerprint density at radius 3 is 1.50 bits per heavy atom. The van der Waals surface area contributed by atoms with Crippen LogP contribution in [0.1, 0.15) is 12.8 Å². The average molecular weight is 168 g/mol. The molecule has 0 rings (SSSR count). The molecule has 0 atom stereocenters. The van der Waals surface area contributed by atoms with Crippen molar-refractivity contribution < 1.29 is 10.4 Å². The van der Waals surface area contributed by atoms with Crippen molar-refractivity contribution in [1.29, 1.82) is 0 Å². The highest BCUT2D eigenvalue weighted by atomic mass is 16.4. The van der Waals surface area contributed by atoms with Crippen molar-refractivity contribution in [1.82, 2.24) is 0 Å². The number of hydrogen-bond acceptors (Lipinski definition) is 4. The van der Waals surface area contributed by atoms with Crippen molar-refractivity contribution in [3.63, 3.8) is 0 Å². The molecule has 0 radical (unpaired) electrons. The zero-order valence-electron chi connectivity index (χ0n) is 6.77. The largest absolute Gasteiger partial charge is 0.411 e. The minimum Gasteiger partial charge on any atom is -0.411 e. The molecule has 4 nitrogen and oxygen atoms in total. The lowest BCUT2D eigenvalue weighted by molar-refractivity contribution is 0.313. The molecule has 4 heteroatoms. The summed E-state index contributed by atoms with van der Waals surface area (Å²) in [7, 11) is 0. The van der Waals surface area contributed by atoms with Crippen LogP contribution in [0.25, 0.3) is 0 Å². The molecule has 0 aromatic carbocycles. The van der Waals surface area contributed by atoms with E-state index in [1.165, 1.54) is 0 Å². The van der Waals surface area contributed by atoms with Crippen LogP contribution < -0.4 is 0 Å². The molecular formula is C8H12N2O2. The molecule has 0 unspecified atom stereocenters. The molecule has 0 aliphatic heterocycles. The fourth-order valence-electron chi connectivity index (χ4n) is 0.706. The summed E-state index contributed by atoms with van der Waals surface area (Å²) in [6, 6.07) is 0. The van der Waals surface area contributed by atoms with E-state index in [1.807, 2.05) is 0 Å². The van der Waals surface area contributed by atoms with E-state index in [0.29, 0.717) is 24.3 Å². The Hall–Kier alpha value is -1.58. The second-order valence-electron chi connectivity index (χ2n) is 2.08. The monoisotopic (exact) mass is 168 g/mol. The van der Waals surface area contributed by atoms with Gasteiger partial charge in [0.1, 0.15) is 11.4 Å². The molecule has 2 N–H and O–H groups in total. The van der Waals surface area contributed by atoms with E-state index >= 15 is 0 Å². The first kappa shape index (κ1) is 10.4. The van der Waals surface area contributed by atoms with Crippen LogP contribution in [0.15, 0.2) is 35.6 Å². The highest BCUT2D eigenvalue weighted by molar-refractivity contribution is 6.42. The third-order valence-electron chi connectivity index (χ3n) is 1.25. The van der Waals surface area contributed by atoms with E-state index < -0.39 is 0 Å². The van der Waals surface area contributed by atoms with Crippen LogP contribution in [-0.2, 0) is 0 Å². The molecule has 0 heterocycles. The van der Waals surface area contributed by atoms with E-state index in [4.69, 9.17) is 10.4 Å². The molecule has 0 saturated heterocycles. The van der Waals surface area contributed by atoms with Crippen LogP contribution in [0.3, 0.4) is 0 Å². The zero-order chi connectivity index (χ0) is 9.40. The van der Waals surface area contributed by atoms with Gasteiger partial charge >= 0.3 is 0 Å². The first-order valence-electron chi connectivity index (χ1n) is 3.44. The lowest BCUT2D eigenvalue weighted by Gasteiger charge is -2.00. The van der Waals surface area contributed by atoms with Crippen LogP contribution in [0.5, 0.6) is 0 Å². The van der Waals surface area contributed by atoms with E-state index in [2.05, 4.69) is 23.5 Å². The minimum absolute atomic E-state index is 0.299. The summed E-state index contributed by atoms with van der Waals surface area (Å²) in [6.07, 6.45) is 3.85. The minimum atomic E-state index is 0.299. The number of hydrogen-bond donors (Lipinski definition) is 2. The summed E-state index contributed by atoms with van der Waals surface area (Å²) >= 11 is 0. The summed E-state index contributed by atoms with van der Waals surface area (Å²) in [5.74, 6) is 0. The van der Waals surface area contributed by atoms with Gasteiger partial charge in [-0.1, -0.05) is 22.5 Å². The van der Waals surface area contributed by atoms with Gasteiger partial charge in [0, 0.05) is 12.8 Å². The van der Waals surface area contributed by atoms with Crippen molar-refractivity contribution >= 4 is 11.4 Å². The topological polar surface area (TPSA) is 65.2 Å². The van der Waals surface area contributed by atoms with Gasteiger partial charge in [-0.25, -0.2) is 0 Å². The van der Waals surface area contributed by atoms with Gasteiger partial charge in [0.15, 0.2) is 0 Å². The summed E-state index contributed by atoms with van der Waals surface area (Å²) in [5, 5.41) is 22.9. The van der Waals surface area contributed by atoms with Crippen molar-refractivity contribution in [3.05, 3.63) is 25.3 Å². The SMILES string of the molecule is C=CCC(=NO)C(CC=C)=NO. The molecule has 0 amide bonds. The molecule has 0 aromatic heterocycles. The Labute approximate surface area is 71.2 Å². The van der Waals surface area contributed by atoms with Crippen LogP contribution in [-0.4, -0.2) is 21.8 Å². The van der Waals surface area contributed by atoms with Gasteiger partial charge in [0.2, 0.25) is 0 Å². The maximum absolute atomic E-state index is 8.50. The Bertz CT molecular complexity index is 195. The molecule has 0 aromatic rings. The zero-order valence-corrected chi connectivity index (χ0v) is 6.77. The standard InChI is InChI=1S/C8H12N2O2/c1-3-5-7(9-11)8(10-12)6-4-2/h3-4,11-12H,1-2,5-6H2. The van der Waals surface area contributed by atoms with E-state index in [0.717, 1.165) is 0 Å². The van der Waals surface area contributed by atoms with E-state index in [1.54, 1.807) is 12.2 Å². The quantitative estimate of drug-likeness (QED) is 0.284. The summed E-state index contributed by atoms with van der Waals surface area (Å²) in [6.45, 7) is 6.94. The average Bonchev–Trinajstić information content (AvgIpc) is 2.11. The summed E-state index contributed by atoms with van der Waals surface area (Å²) in [5.41, 5.74) is 0.597. The Balaban J connectivity index is 4.46. The smallest absolute Gasteiger partial charge is 0.108 e. The van der Waals surface area contributed by atoms with Crippen molar-refractivity contribution in [2.75, 3.05) is 0 Å². The highest BCUT2D eigenvalue weighted by Gasteiger charge is 2.06. The van der Waals surface area contributed by atoms with Gasteiger partial charge in [0.05, 0.1) is 0 Å². The number of rotatable bonds is 5. The van der Waals surface area contributed by atoms with E-state index in [9.17, 15) is 0 Å². The Kier molecular flexibility index (Phi) is 5.34. The van der Waals surface area contributed by atoms with Crippen LogP contribution >= 0.6 is 0 Å². The molecule has 0 aliphatic carbocycles. The van der Waals surface area contributed by atoms with Gasteiger partial charge < -0.3 is 10.4 Å². The van der Waals surface area contributed by atoms with Crippen molar-refractivity contribution in [2.24, 2.45) is 10.3 Å². The summed E-state index contributed by atoms with van der Waals surface area (Å²) in [4.78, 5) is 0. The van der Waals surface area contributed by atoms with Gasteiger partial charge in [0.25, 0.3) is 0 Å². The molecule has 0 saturated carbocycles. The van der Waals surface area contributed by atoms with Gasteiger partial charge in [-0.15, -0.1) is 13.2 Å². The van der Waals surface area contributed by atoms with Crippen LogP contribution in [0.4, 0.5) is 0 Å². The maximum atomic E-state index is 8.50. The molecule has 0 spiro atoms.